The molecule has 0 spiro atoms. The molecule has 0 saturated carbocycles. The number of benzene rings is 1. The van der Waals surface area contributed by atoms with Crippen molar-refractivity contribution in [3.05, 3.63) is 36.4 Å². The second kappa shape index (κ2) is 6.42. The summed E-state index contributed by atoms with van der Waals surface area (Å²) < 4.78 is 9.06. The lowest BCUT2D eigenvalue weighted by atomic mass is 10.2. The Balaban J connectivity index is 2.39. The monoisotopic (exact) mass is 288 g/mol. The van der Waals surface area contributed by atoms with Gasteiger partial charge in [0, 0.05) is 5.56 Å². The second-order valence-electron chi connectivity index (χ2n) is 3.81. The van der Waals surface area contributed by atoms with Gasteiger partial charge in [-0.3, -0.25) is 0 Å². The lowest BCUT2D eigenvalue weighted by molar-refractivity contribution is -0.137. The molecule has 0 saturated heterocycles. The Morgan fingerprint density at radius 2 is 1.86 bits per heavy atom. The molecule has 2 rings (SSSR count). The maximum Gasteiger partial charge on any atom is 0.358 e. The molecule has 0 aliphatic rings. The van der Waals surface area contributed by atoms with Crippen LogP contribution in [0.15, 0.2) is 36.4 Å². The van der Waals surface area contributed by atoms with Crippen LogP contribution in [-0.2, 0) is 19.1 Å². The fourth-order valence-corrected chi connectivity index (χ4v) is 1.49. The number of rotatable bonds is 4. The molecule has 0 atom stereocenters. The summed E-state index contributed by atoms with van der Waals surface area (Å²) in [5, 5.41) is 11.6. The minimum atomic E-state index is -0.780. The number of tetrazole rings is 1. The summed E-state index contributed by atoms with van der Waals surface area (Å²) in [4.78, 5) is 23.9. The molecule has 1 aromatic carbocycles. The van der Waals surface area contributed by atoms with E-state index in [9.17, 15) is 9.59 Å². The highest BCUT2D eigenvalue weighted by Crippen LogP contribution is 2.13. The van der Waals surface area contributed by atoms with E-state index in [2.05, 4.69) is 24.9 Å². The van der Waals surface area contributed by atoms with Gasteiger partial charge in [-0.1, -0.05) is 30.3 Å². The highest BCUT2D eigenvalue weighted by molar-refractivity contribution is 6.14. The molecular formula is C13H12N4O4. The summed E-state index contributed by atoms with van der Waals surface area (Å²) in [7, 11) is 2.38. The summed E-state index contributed by atoms with van der Waals surface area (Å²) in [5.74, 6) is -1.19. The number of nitrogens with zero attached hydrogens (tertiary/aromatic N) is 4. The summed E-state index contributed by atoms with van der Waals surface area (Å²) in [6.45, 7) is 0. The molecule has 0 N–H and O–H groups in total. The second-order valence-corrected chi connectivity index (χ2v) is 3.81. The van der Waals surface area contributed by atoms with Gasteiger partial charge in [0.15, 0.2) is 5.70 Å². The van der Waals surface area contributed by atoms with Crippen LogP contribution in [0.25, 0.3) is 17.1 Å². The molecule has 8 nitrogen and oxygen atoms in total. The molecule has 0 aliphatic carbocycles. The molecule has 108 valence electrons. The Bertz CT molecular complexity index is 678. The van der Waals surface area contributed by atoms with E-state index in [1.807, 2.05) is 18.2 Å². The maximum absolute atomic E-state index is 11.7. The lowest BCUT2D eigenvalue weighted by Gasteiger charge is -2.02. The smallest absolute Gasteiger partial charge is 0.358 e. The van der Waals surface area contributed by atoms with Gasteiger partial charge in [0.25, 0.3) is 0 Å². The van der Waals surface area contributed by atoms with E-state index in [0.717, 1.165) is 16.4 Å². The largest absolute Gasteiger partial charge is 0.466 e. The molecule has 0 unspecified atom stereocenters. The zero-order valence-electron chi connectivity index (χ0n) is 11.4. The molecule has 2 aromatic rings. The third kappa shape index (κ3) is 3.30. The maximum atomic E-state index is 11.7. The Morgan fingerprint density at radius 3 is 2.48 bits per heavy atom. The van der Waals surface area contributed by atoms with Gasteiger partial charge >= 0.3 is 11.9 Å². The molecule has 1 heterocycles. The zero-order valence-corrected chi connectivity index (χ0v) is 11.4. The van der Waals surface area contributed by atoms with Gasteiger partial charge in [-0.15, -0.1) is 15.0 Å². The number of hydrogen-bond acceptors (Lipinski definition) is 7. The Morgan fingerprint density at radius 1 is 1.14 bits per heavy atom. The van der Waals surface area contributed by atoms with Crippen LogP contribution in [0.2, 0.25) is 0 Å². The van der Waals surface area contributed by atoms with Crippen molar-refractivity contribution in [1.29, 1.82) is 0 Å². The van der Waals surface area contributed by atoms with Crippen LogP contribution in [0.1, 0.15) is 0 Å². The van der Waals surface area contributed by atoms with Crippen LogP contribution < -0.4 is 0 Å². The number of methoxy groups -OCH3 is 2. The third-order valence-corrected chi connectivity index (χ3v) is 2.51. The van der Waals surface area contributed by atoms with Gasteiger partial charge in [-0.05, 0) is 5.21 Å². The van der Waals surface area contributed by atoms with Gasteiger partial charge in [0.2, 0.25) is 5.82 Å². The standard InChI is InChI=1S/C13H12N4O4/c1-20-11(18)8-10(13(19)21-2)17-15-12(14-16-17)9-6-4-3-5-7-9/h3-8H,1-2H3/b10-8-. The van der Waals surface area contributed by atoms with Crippen molar-refractivity contribution in [2.45, 2.75) is 0 Å². The molecule has 8 heteroatoms. The first-order valence-electron chi connectivity index (χ1n) is 5.89. The summed E-state index contributed by atoms with van der Waals surface area (Å²) in [6.07, 6.45) is 0.933. The van der Waals surface area contributed by atoms with Crippen LogP contribution in [-0.4, -0.2) is 46.4 Å². The van der Waals surface area contributed by atoms with Gasteiger partial charge in [-0.2, -0.15) is 0 Å². The van der Waals surface area contributed by atoms with Crippen LogP contribution >= 0.6 is 0 Å². The van der Waals surface area contributed by atoms with Gasteiger partial charge < -0.3 is 9.47 Å². The first kappa shape index (κ1) is 14.4. The molecule has 0 amide bonds. The van der Waals surface area contributed by atoms with E-state index in [1.165, 1.54) is 14.2 Å². The molecule has 0 bridgehead atoms. The van der Waals surface area contributed by atoms with E-state index < -0.39 is 11.9 Å². The molecular weight excluding hydrogens is 276 g/mol. The number of carbonyl (C=O) groups excluding carboxylic acids is 2. The topological polar surface area (TPSA) is 96.2 Å². The first-order valence-corrected chi connectivity index (χ1v) is 5.89. The average Bonchev–Trinajstić information content (AvgIpc) is 3.02. The first-order chi connectivity index (χ1) is 10.2. The quantitative estimate of drug-likeness (QED) is 0.598. The van der Waals surface area contributed by atoms with Crippen molar-refractivity contribution in [1.82, 2.24) is 20.2 Å². The van der Waals surface area contributed by atoms with Crippen molar-refractivity contribution in [3.63, 3.8) is 0 Å². The zero-order chi connectivity index (χ0) is 15.2. The van der Waals surface area contributed by atoms with E-state index in [-0.39, 0.29) is 5.70 Å². The van der Waals surface area contributed by atoms with Gasteiger partial charge in [0.1, 0.15) is 0 Å². The van der Waals surface area contributed by atoms with Gasteiger partial charge in [-0.25, -0.2) is 9.59 Å². The van der Waals surface area contributed by atoms with Crippen LogP contribution in [0.3, 0.4) is 0 Å². The number of hydrogen-bond donors (Lipinski definition) is 0. The Kier molecular flexibility index (Phi) is 4.39. The van der Waals surface area contributed by atoms with E-state index in [4.69, 9.17) is 0 Å². The molecule has 0 fully saturated rings. The van der Waals surface area contributed by atoms with Crippen molar-refractivity contribution in [2.24, 2.45) is 0 Å². The third-order valence-electron chi connectivity index (χ3n) is 2.51. The summed E-state index contributed by atoms with van der Waals surface area (Å²) in [6, 6.07) is 9.08. The predicted octanol–water partition coefficient (Wildman–Crippen LogP) is 0.527. The Hall–Kier alpha value is -3.03. The summed E-state index contributed by atoms with van der Waals surface area (Å²) >= 11 is 0. The normalized spacial score (nSPS) is 11.0. The van der Waals surface area contributed by atoms with E-state index in [1.54, 1.807) is 12.1 Å². The van der Waals surface area contributed by atoms with Crippen LogP contribution in [0.4, 0.5) is 0 Å². The van der Waals surface area contributed by atoms with E-state index >= 15 is 0 Å². The van der Waals surface area contributed by atoms with E-state index in [0.29, 0.717) is 5.82 Å². The van der Waals surface area contributed by atoms with Crippen molar-refractivity contribution >= 4 is 17.6 Å². The van der Waals surface area contributed by atoms with Crippen LogP contribution in [0, 0.1) is 0 Å². The minimum Gasteiger partial charge on any atom is -0.466 e. The number of ether oxygens (including phenoxy) is 2. The van der Waals surface area contributed by atoms with Crippen molar-refractivity contribution < 1.29 is 19.1 Å². The Labute approximate surface area is 120 Å². The lowest BCUT2D eigenvalue weighted by Crippen LogP contribution is -2.15. The van der Waals surface area contributed by atoms with Crippen molar-refractivity contribution in [2.75, 3.05) is 14.2 Å². The van der Waals surface area contributed by atoms with Crippen LogP contribution in [0.5, 0.6) is 0 Å². The highest BCUT2D eigenvalue weighted by Gasteiger charge is 2.18. The molecule has 21 heavy (non-hydrogen) atoms. The predicted molar refractivity (Wildman–Crippen MR) is 71.6 cm³/mol. The molecule has 1 aromatic heterocycles. The average molecular weight is 288 g/mol. The number of aromatic nitrogens is 4. The number of carbonyl (C=O) groups is 2. The molecule has 0 aliphatic heterocycles. The minimum absolute atomic E-state index is 0.195. The van der Waals surface area contributed by atoms with Gasteiger partial charge in [0.05, 0.1) is 20.3 Å². The number of esters is 2. The fraction of sp³-hybridized carbons (Fsp3) is 0.154. The SMILES string of the molecule is COC(=O)/C=C(/C(=O)OC)n1nnc(-c2ccccc2)n1. The fourth-order valence-electron chi connectivity index (χ4n) is 1.49. The summed E-state index contributed by atoms with van der Waals surface area (Å²) in [5.41, 5.74) is 0.532. The van der Waals surface area contributed by atoms with Crippen molar-refractivity contribution in [3.8, 4) is 11.4 Å². The molecule has 0 radical (unpaired) electrons. The highest BCUT2D eigenvalue weighted by atomic mass is 16.5.